The van der Waals surface area contributed by atoms with Gasteiger partial charge in [-0.1, -0.05) is 43.7 Å². The summed E-state index contributed by atoms with van der Waals surface area (Å²) in [5.41, 5.74) is 8.87. The molecule has 6 nitrogen and oxygen atoms in total. The summed E-state index contributed by atoms with van der Waals surface area (Å²) in [5.74, 6) is 0.988. The van der Waals surface area contributed by atoms with Crippen LogP contribution in [-0.4, -0.2) is 32.3 Å². The highest BCUT2D eigenvalue weighted by molar-refractivity contribution is 5.87. The minimum absolute atomic E-state index is 0.145. The van der Waals surface area contributed by atoms with Gasteiger partial charge in [-0.3, -0.25) is 0 Å². The van der Waals surface area contributed by atoms with E-state index in [0.29, 0.717) is 6.42 Å². The molecule has 0 saturated heterocycles. The lowest BCUT2D eigenvalue weighted by molar-refractivity contribution is 0.276. The van der Waals surface area contributed by atoms with Gasteiger partial charge < -0.3 is 20.7 Å². The molecule has 0 aliphatic carbocycles. The third-order valence-corrected chi connectivity index (χ3v) is 4.28. The average molecular weight is 339 g/mol. The molecule has 0 aliphatic rings. The molecule has 0 radical (unpaired) electrons. The Morgan fingerprint density at radius 1 is 1.16 bits per heavy atom. The van der Waals surface area contributed by atoms with Crippen LogP contribution in [-0.2, 0) is 6.54 Å². The summed E-state index contributed by atoms with van der Waals surface area (Å²) >= 11 is 0. The van der Waals surface area contributed by atoms with Crippen LogP contribution in [0.2, 0.25) is 0 Å². The summed E-state index contributed by atoms with van der Waals surface area (Å²) in [4.78, 5) is 8.79. The molecule has 0 unspecified atom stereocenters. The monoisotopic (exact) mass is 339 g/mol. The fourth-order valence-corrected chi connectivity index (χ4v) is 3.12. The molecule has 3 rings (SSSR count). The number of fused-ring (bicyclic) bond motifs is 1. The smallest absolute Gasteiger partial charge is 0.222 e. The Labute approximate surface area is 147 Å². The van der Waals surface area contributed by atoms with E-state index in [-0.39, 0.29) is 18.6 Å². The van der Waals surface area contributed by atoms with Crippen molar-refractivity contribution in [1.29, 1.82) is 0 Å². The van der Waals surface area contributed by atoms with Gasteiger partial charge in [-0.2, -0.15) is 4.98 Å². The first-order valence-electron chi connectivity index (χ1n) is 8.75. The van der Waals surface area contributed by atoms with E-state index in [2.05, 4.69) is 38.9 Å². The number of nitrogens with two attached hydrogens (primary N) is 1. The number of nitrogens with zero attached hydrogens (tertiary/aromatic N) is 3. The Bertz CT molecular complexity index is 809. The van der Waals surface area contributed by atoms with E-state index in [1.54, 1.807) is 0 Å². The van der Waals surface area contributed by atoms with E-state index in [0.717, 1.165) is 36.2 Å². The zero-order valence-electron chi connectivity index (χ0n) is 14.5. The van der Waals surface area contributed by atoms with E-state index >= 15 is 0 Å². The molecule has 0 saturated carbocycles. The summed E-state index contributed by atoms with van der Waals surface area (Å²) in [5, 5.41) is 12.8. The van der Waals surface area contributed by atoms with Gasteiger partial charge in [0.1, 0.15) is 5.52 Å². The summed E-state index contributed by atoms with van der Waals surface area (Å²) < 4.78 is 2.13. The molecule has 3 aromatic rings. The van der Waals surface area contributed by atoms with Gasteiger partial charge in [-0.05, 0) is 24.5 Å². The second-order valence-electron chi connectivity index (χ2n) is 6.24. The Morgan fingerprint density at radius 2 is 1.96 bits per heavy atom. The van der Waals surface area contributed by atoms with Crippen molar-refractivity contribution in [1.82, 2.24) is 14.5 Å². The number of benzene rings is 1. The number of aliphatic hydroxyl groups is 1. The fourth-order valence-electron chi connectivity index (χ4n) is 3.12. The van der Waals surface area contributed by atoms with Crippen molar-refractivity contribution in [2.24, 2.45) is 0 Å². The Hall–Kier alpha value is -2.60. The van der Waals surface area contributed by atoms with Gasteiger partial charge in [-0.15, -0.1) is 0 Å². The van der Waals surface area contributed by atoms with Crippen molar-refractivity contribution in [3.05, 3.63) is 48.2 Å². The number of hydrogen-bond donors (Lipinski definition) is 3. The second-order valence-corrected chi connectivity index (χ2v) is 6.24. The highest BCUT2D eigenvalue weighted by Gasteiger charge is 2.15. The van der Waals surface area contributed by atoms with Crippen molar-refractivity contribution in [2.75, 3.05) is 17.7 Å². The SMILES string of the molecule is CCC[C@@H](CCO)Nc1nc(N)nc2ccn(Cc3ccccc3)c12. The second kappa shape index (κ2) is 7.98. The van der Waals surface area contributed by atoms with Crippen molar-refractivity contribution in [2.45, 2.75) is 38.8 Å². The first-order chi connectivity index (χ1) is 12.2. The van der Waals surface area contributed by atoms with Gasteiger partial charge in [0.15, 0.2) is 5.82 Å². The number of anilines is 2. The molecular formula is C19H25N5O. The van der Waals surface area contributed by atoms with Crippen LogP contribution in [0.5, 0.6) is 0 Å². The summed E-state index contributed by atoms with van der Waals surface area (Å²) in [6.45, 7) is 3.02. The van der Waals surface area contributed by atoms with Gasteiger partial charge in [0, 0.05) is 25.4 Å². The number of nitrogen functional groups attached to an aromatic ring is 1. The lowest BCUT2D eigenvalue weighted by Gasteiger charge is -2.19. The molecule has 0 aliphatic heterocycles. The van der Waals surface area contributed by atoms with Crippen LogP contribution in [0.1, 0.15) is 31.7 Å². The summed E-state index contributed by atoms with van der Waals surface area (Å²) in [7, 11) is 0. The summed E-state index contributed by atoms with van der Waals surface area (Å²) in [6.07, 6.45) is 4.69. The molecule has 4 N–H and O–H groups in total. The van der Waals surface area contributed by atoms with Crippen LogP contribution < -0.4 is 11.1 Å². The first kappa shape index (κ1) is 17.2. The first-order valence-corrected chi connectivity index (χ1v) is 8.75. The van der Waals surface area contributed by atoms with Crippen molar-refractivity contribution in [3.8, 4) is 0 Å². The van der Waals surface area contributed by atoms with E-state index in [1.165, 1.54) is 5.56 Å². The molecule has 0 amide bonds. The standard InChI is InChI=1S/C19H25N5O/c1-2-6-15(10-12-25)21-18-17-16(22-19(20)23-18)9-11-24(17)13-14-7-4-3-5-8-14/h3-5,7-9,11,15,25H,2,6,10,12-13H2,1H3,(H3,20,21,22,23)/t15-/m0/s1. The highest BCUT2D eigenvalue weighted by Crippen LogP contribution is 2.25. The maximum absolute atomic E-state index is 9.32. The molecule has 0 bridgehead atoms. The third kappa shape index (κ3) is 4.09. The topological polar surface area (TPSA) is 89.0 Å². The van der Waals surface area contributed by atoms with Crippen molar-refractivity contribution >= 4 is 22.8 Å². The number of rotatable bonds is 8. The molecule has 132 valence electrons. The molecule has 2 aromatic heterocycles. The van der Waals surface area contributed by atoms with E-state index < -0.39 is 0 Å². The minimum atomic E-state index is 0.145. The predicted octanol–water partition coefficient (Wildman–Crippen LogP) is 3.02. The Morgan fingerprint density at radius 3 is 2.68 bits per heavy atom. The predicted molar refractivity (Wildman–Crippen MR) is 102 cm³/mol. The third-order valence-electron chi connectivity index (χ3n) is 4.28. The number of nitrogens with one attached hydrogen (secondary N) is 1. The zero-order chi connectivity index (χ0) is 17.6. The quantitative estimate of drug-likeness (QED) is 0.587. The Kier molecular flexibility index (Phi) is 5.50. The van der Waals surface area contributed by atoms with Crippen LogP contribution >= 0.6 is 0 Å². The van der Waals surface area contributed by atoms with Crippen LogP contribution in [0, 0.1) is 0 Å². The van der Waals surface area contributed by atoms with Gasteiger partial charge in [-0.25, -0.2) is 4.98 Å². The van der Waals surface area contributed by atoms with Crippen molar-refractivity contribution in [3.63, 3.8) is 0 Å². The number of aliphatic hydroxyl groups excluding tert-OH is 1. The molecule has 0 fully saturated rings. The van der Waals surface area contributed by atoms with Crippen LogP contribution in [0.25, 0.3) is 11.0 Å². The minimum Gasteiger partial charge on any atom is -0.396 e. The van der Waals surface area contributed by atoms with Gasteiger partial charge in [0.2, 0.25) is 5.95 Å². The largest absolute Gasteiger partial charge is 0.396 e. The highest BCUT2D eigenvalue weighted by atomic mass is 16.3. The van der Waals surface area contributed by atoms with E-state index in [4.69, 9.17) is 5.73 Å². The lowest BCUT2D eigenvalue weighted by atomic mass is 10.1. The summed E-state index contributed by atoms with van der Waals surface area (Å²) in [6, 6.07) is 12.4. The van der Waals surface area contributed by atoms with Crippen LogP contribution in [0.3, 0.4) is 0 Å². The molecule has 2 heterocycles. The average Bonchev–Trinajstić information content (AvgIpc) is 2.99. The maximum atomic E-state index is 9.32. The molecule has 0 spiro atoms. The van der Waals surface area contributed by atoms with Crippen LogP contribution in [0.4, 0.5) is 11.8 Å². The lowest BCUT2D eigenvalue weighted by Crippen LogP contribution is -2.22. The fraction of sp³-hybridized carbons (Fsp3) is 0.368. The molecular weight excluding hydrogens is 314 g/mol. The van der Waals surface area contributed by atoms with Crippen molar-refractivity contribution < 1.29 is 5.11 Å². The molecule has 25 heavy (non-hydrogen) atoms. The van der Waals surface area contributed by atoms with Crippen LogP contribution in [0.15, 0.2) is 42.6 Å². The molecule has 1 atom stereocenters. The zero-order valence-corrected chi connectivity index (χ0v) is 14.5. The number of aromatic nitrogens is 3. The molecule has 6 heteroatoms. The maximum Gasteiger partial charge on any atom is 0.222 e. The number of hydrogen-bond acceptors (Lipinski definition) is 5. The normalized spacial score (nSPS) is 12.4. The Balaban J connectivity index is 1.97. The van der Waals surface area contributed by atoms with Gasteiger partial charge in [0.25, 0.3) is 0 Å². The van der Waals surface area contributed by atoms with Gasteiger partial charge in [0.05, 0.1) is 5.52 Å². The molecule has 1 aromatic carbocycles. The van der Waals surface area contributed by atoms with E-state index in [9.17, 15) is 5.11 Å². The van der Waals surface area contributed by atoms with E-state index in [1.807, 2.05) is 30.5 Å². The van der Waals surface area contributed by atoms with Gasteiger partial charge >= 0.3 is 0 Å².